The fourth-order valence-electron chi connectivity index (χ4n) is 9.24. The van der Waals surface area contributed by atoms with Crippen molar-refractivity contribution in [1.29, 1.82) is 0 Å². The highest BCUT2D eigenvalue weighted by Crippen LogP contribution is 2.56. The Morgan fingerprint density at radius 2 is 0.860 bits per heavy atom. The molecule has 0 saturated carbocycles. The predicted molar refractivity (Wildman–Crippen MR) is 236 cm³/mol. The molecule has 0 fully saturated rings. The van der Waals surface area contributed by atoms with E-state index in [9.17, 15) is 0 Å². The summed E-state index contributed by atoms with van der Waals surface area (Å²) in [7, 11) is 0. The van der Waals surface area contributed by atoms with Gasteiger partial charge in [0.25, 0.3) is 0 Å². The van der Waals surface area contributed by atoms with Crippen LogP contribution in [0.5, 0.6) is 0 Å². The summed E-state index contributed by atoms with van der Waals surface area (Å²) in [6.07, 6.45) is 0.861. The third kappa shape index (κ3) is 4.74. The lowest BCUT2D eigenvalue weighted by atomic mass is 9.96. The minimum atomic E-state index is 0.804. The second-order valence-electron chi connectivity index (χ2n) is 14.8. The SMILES string of the molecule is c1ccc(N(c2cccc3c2oc2ccccc23)c2c3ccccc3c(N(c3ccccc3)c3cccc4c3Cc3ccccc3-4)c3c2oc2ccccc23)cc1. The number of anilines is 6. The average Bonchev–Trinajstić information content (AvgIpc) is 3.98. The minimum absolute atomic E-state index is 0.804. The highest BCUT2D eigenvalue weighted by molar-refractivity contribution is 6.29. The van der Waals surface area contributed by atoms with Crippen molar-refractivity contribution >= 4 is 88.8 Å². The Bertz CT molecular complexity index is 3340. The first-order valence-electron chi connectivity index (χ1n) is 19.5. The van der Waals surface area contributed by atoms with Crippen molar-refractivity contribution < 1.29 is 8.83 Å². The Balaban J connectivity index is 1.23. The standard InChI is InChI=1S/C53H34N2O2/c1-3-18-35(19-4-1)54(45-29-15-27-38-37-22-8-7-17-34(37)33-44(38)45)50-40-24-9-10-25-41(40)51(53-49(50)43-26-12-14-32-48(43)57-53)55(36-20-5-2-6-21-36)46-30-16-28-42-39-23-11-13-31-47(39)56-52(42)46/h1-32H,33H2. The van der Waals surface area contributed by atoms with Crippen LogP contribution in [0.4, 0.5) is 34.1 Å². The Hall–Kier alpha value is -7.56. The van der Waals surface area contributed by atoms with E-state index in [1.165, 1.54) is 22.3 Å². The van der Waals surface area contributed by atoms with Gasteiger partial charge < -0.3 is 18.6 Å². The molecule has 0 radical (unpaired) electrons. The van der Waals surface area contributed by atoms with Gasteiger partial charge in [0, 0.05) is 44.7 Å². The molecule has 1 aliphatic carbocycles. The van der Waals surface area contributed by atoms with E-state index in [1.54, 1.807) is 0 Å². The monoisotopic (exact) mass is 730 g/mol. The molecule has 0 bridgehead atoms. The molecular formula is C53H34N2O2. The summed E-state index contributed by atoms with van der Waals surface area (Å²) in [5, 5.41) is 6.44. The van der Waals surface area contributed by atoms with E-state index in [2.05, 4.69) is 192 Å². The molecule has 57 heavy (non-hydrogen) atoms. The van der Waals surface area contributed by atoms with E-state index in [0.29, 0.717) is 0 Å². The van der Waals surface area contributed by atoms with Crippen LogP contribution in [0.15, 0.2) is 203 Å². The molecule has 0 saturated heterocycles. The molecule has 2 aromatic heterocycles. The van der Waals surface area contributed by atoms with Gasteiger partial charge in [0.05, 0.1) is 28.1 Å². The molecule has 11 aromatic rings. The minimum Gasteiger partial charge on any atom is -0.454 e. The Morgan fingerprint density at radius 1 is 0.351 bits per heavy atom. The molecule has 0 aliphatic heterocycles. The second-order valence-corrected chi connectivity index (χ2v) is 14.8. The van der Waals surface area contributed by atoms with Crippen LogP contribution in [-0.4, -0.2) is 0 Å². The van der Waals surface area contributed by atoms with Crippen molar-refractivity contribution in [2.24, 2.45) is 0 Å². The van der Waals surface area contributed by atoms with E-state index < -0.39 is 0 Å². The number of para-hydroxylation sites is 5. The zero-order valence-corrected chi connectivity index (χ0v) is 30.9. The molecule has 12 rings (SSSR count). The summed E-state index contributed by atoms with van der Waals surface area (Å²) in [6, 6.07) is 69.0. The maximum Gasteiger partial charge on any atom is 0.162 e. The molecule has 0 N–H and O–H groups in total. The summed E-state index contributed by atoms with van der Waals surface area (Å²) < 4.78 is 14.0. The molecule has 0 spiro atoms. The Morgan fingerprint density at radius 3 is 1.61 bits per heavy atom. The molecule has 0 atom stereocenters. The average molecular weight is 731 g/mol. The number of furan rings is 2. The summed E-state index contributed by atoms with van der Waals surface area (Å²) in [5.74, 6) is 0. The Labute approximate surface area is 329 Å². The molecule has 1 aliphatic rings. The second kappa shape index (κ2) is 12.5. The lowest BCUT2D eigenvalue weighted by Crippen LogP contribution is -2.15. The number of hydrogen-bond donors (Lipinski definition) is 0. The van der Waals surface area contributed by atoms with Crippen LogP contribution < -0.4 is 9.80 Å². The molecule has 0 unspecified atom stereocenters. The van der Waals surface area contributed by atoms with Crippen molar-refractivity contribution in [3.05, 3.63) is 205 Å². The van der Waals surface area contributed by atoms with Gasteiger partial charge >= 0.3 is 0 Å². The zero-order valence-electron chi connectivity index (χ0n) is 30.9. The van der Waals surface area contributed by atoms with Crippen molar-refractivity contribution in [3.63, 3.8) is 0 Å². The van der Waals surface area contributed by atoms with Crippen LogP contribution in [-0.2, 0) is 6.42 Å². The van der Waals surface area contributed by atoms with E-state index in [1.807, 2.05) is 12.1 Å². The van der Waals surface area contributed by atoms with Crippen LogP contribution >= 0.6 is 0 Å². The van der Waals surface area contributed by atoms with Crippen LogP contribution in [0.1, 0.15) is 11.1 Å². The summed E-state index contributed by atoms with van der Waals surface area (Å²) in [5.41, 5.74) is 14.8. The van der Waals surface area contributed by atoms with Gasteiger partial charge in [-0.25, -0.2) is 0 Å². The maximum absolute atomic E-state index is 7.19. The van der Waals surface area contributed by atoms with Crippen LogP contribution in [0, 0.1) is 0 Å². The molecular weight excluding hydrogens is 697 g/mol. The largest absolute Gasteiger partial charge is 0.454 e. The van der Waals surface area contributed by atoms with Gasteiger partial charge in [-0.3, -0.25) is 0 Å². The van der Waals surface area contributed by atoms with Gasteiger partial charge in [-0.15, -0.1) is 0 Å². The van der Waals surface area contributed by atoms with Crippen molar-refractivity contribution in [2.75, 3.05) is 9.80 Å². The first-order valence-corrected chi connectivity index (χ1v) is 19.5. The first-order chi connectivity index (χ1) is 28.3. The zero-order chi connectivity index (χ0) is 37.5. The summed E-state index contributed by atoms with van der Waals surface area (Å²) in [4.78, 5) is 4.82. The highest BCUT2D eigenvalue weighted by Gasteiger charge is 2.32. The number of fused-ring (bicyclic) bond motifs is 10. The van der Waals surface area contributed by atoms with Crippen molar-refractivity contribution in [1.82, 2.24) is 0 Å². The number of hydrogen-bond acceptors (Lipinski definition) is 4. The van der Waals surface area contributed by atoms with Gasteiger partial charge in [-0.2, -0.15) is 0 Å². The molecule has 0 amide bonds. The van der Waals surface area contributed by atoms with Gasteiger partial charge in [-0.1, -0.05) is 146 Å². The van der Waals surface area contributed by atoms with Gasteiger partial charge in [0.1, 0.15) is 11.2 Å². The number of nitrogens with zero attached hydrogens (tertiary/aromatic N) is 2. The van der Waals surface area contributed by atoms with Crippen LogP contribution in [0.2, 0.25) is 0 Å². The normalized spacial score (nSPS) is 12.1. The van der Waals surface area contributed by atoms with E-state index in [0.717, 1.165) is 95.2 Å². The Kier molecular flexibility index (Phi) is 6.96. The topological polar surface area (TPSA) is 32.8 Å². The third-order valence-corrected chi connectivity index (χ3v) is 11.7. The van der Waals surface area contributed by atoms with Gasteiger partial charge in [0.2, 0.25) is 0 Å². The summed E-state index contributed by atoms with van der Waals surface area (Å²) >= 11 is 0. The molecule has 4 heteroatoms. The van der Waals surface area contributed by atoms with Crippen LogP contribution in [0.3, 0.4) is 0 Å². The van der Waals surface area contributed by atoms with Gasteiger partial charge in [0.15, 0.2) is 11.2 Å². The van der Waals surface area contributed by atoms with Gasteiger partial charge in [-0.05, 0) is 70.8 Å². The molecule has 268 valence electrons. The number of rotatable bonds is 6. The third-order valence-electron chi connectivity index (χ3n) is 11.7. The molecule has 9 aromatic carbocycles. The lowest BCUT2D eigenvalue weighted by Gasteiger charge is -2.32. The lowest BCUT2D eigenvalue weighted by molar-refractivity contribution is 0.666. The van der Waals surface area contributed by atoms with Crippen molar-refractivity contribution in [2.45, 2.75) is 6.42 Å². The predicted octanol–water partition coefficient (Wildman–Crippen LogP) is 15.1. The molecule has 2 heterocycles. The van der Waals surface area contributed by atoms with Crippen LogP contribution in [0.25, 0.3) is 65.8 Å². The van der Waals surface area contributed by atoms with Crippen molar-refractivity contribution in [3.8, 4) is 11.1 Å². The van der Waals surface area contributed by atoms with E-state index in [-0.39, 0.29) is 0 Å². The highest BCUT2D eigenvalue weighted by atomic mass is 16.3. The fourth-order valence-corrected chi connectivity index (χ4v) is 9.24. The quantitative estimate of drug-likeness (QED) is 0.160. The number of benzene rings is 9. The smallest absolute Gasteiger partial charge is 0.162 e. The first kappa shape index (κ1) is 31.8. The van der Waals surface area contributed by atoms with E-state index >= 15 is 0 Å². The summed E-state index contributed by atoms with van der Waals surface area (Å²) in [6.45, 7) is 0. The van der Waals surface area contributed by atoms with E-state index in [4.69, 9.17) is 8.83 Å². The molecule has 4 nitrogen and oxygen atoms in total. The maximum atomic E-state index is 7.19. The fraction of sp³-hybridized carbons (Fsp3) is 0.0189.